The lowest BCUT2D eigenvalue weighted by Gasteiger charge is -2.42. The molecule has 0 saturated carbocycles. The van der Waals surface area contributed by atoms with Gasteiger partial charge in [-0.15, -0.1) is 0 Å². The lowest BCUT2D eigenvalue weighted by molar-refractivity contribution is -0.131. The maximum atomic E-state index is 13.3. The van der Waals surface area contributed by atoms with E-state index in [9.17, 15) is 4.79 Å². The van der Waals surface area contributed by atoms with Crippen LogP contribution in [0.25, 0.3) is 5.57 Å². The molecule has 1 aliphatic rings. The van der Waals surface area contributed by atoms with Crippen molar-refractivity contribution in [3.63, 3.8) is 0 Å². The van der Waals surface area contributed by atoms with Gasteiger partial charge >= 0.3 is 0 Å². The summed E-state index contributed by atoms with van der Waals surface area (Å²) in [5.41, 5.74) is 2.00. The lowest BCUT2D eigenvalue weighted by Crippen LogP contribution is -2.50. The van der Waals surface area contributed by atoms with Crippen molar-refractivity contribution >= 4 is 46.1 Å². The van der Waals surface area contributed by atoms with Crippen LogP contribution in [0.2, 0.25) is 5.02 Å². The molecule has 2 aromatic rings. The van der Waals surface area contributed by atoms with Gasteiger partial charge in [-0.1, -0.05) is 87.0 Å². The van der Waals surface area contributed by atoms with Gasteiger partial charge in [0.2, 0.25) is 5.91 Å². The summed E-state index contributed by atoms with van der Waals surface area (Å²) in [6.07, 6.45) is 6.79. The number of thiocarbonyl (C=S) groups is 1. The van der Waals surface area contributed by atoms with Crippen molar-refractivity contribution in [1.82, 2.24) is 5.32 Å². The molecule has 0 radical (unpaired) electrons. The Morgan fingerprint density at radius 3 is 2.41 bits per heavy atom. The average molecular weight is 425 g/mol. The van der Waals surface area contributed by atoms with E-state index in [1.54, 1.807) is 12.1 Å². The number of carbonyl (C=O) groups excluding carboxylic acids is 1. The van der Waals surface area contributed by atoms with Gasteiger partial charge in [0.1, 0.15) is 0 Å². The lowest BCUT2D eigenvalue weighted by atomic mass is 9.62. The number of allylic oxidation sites excluding steroid dienone is 3. The Morgan fingerprint density at radius 1 is 1.10 bits per heavy atom. The van der Waals surface area contributed by atoms with Gasteiger partial charge < -0.3 is 10.6 Å². The summed E-state index contributed by atoms with van der Waals surface area (Å²) in [7, 11) is 0. The largest absolute Gasteiger partial charge is 0.332 e. The van der Waals surface area contributed by atoms with Crippen molar-refractivity contribution in [3.8, 4) is 0 Å². The van der Waals surface area contributed by atoms with Crippen molar-refractivity contribution in [1.29, 1.82) is 0 Å². The molecule has 1 atom stereocenters. The van der Waals surface area contributed by atoms with Crippen LogP contribution in [0.15, 0.2) is 72.8 Å². The molecule has 0 saturated heterocycles. The standard InChI is InChI=1S/C24H25ClN2OS/c1-23(2,3)24(14-12-18(13-15-24)17-8-5-4-6-9-17)21(28)27-22(29)26-20-11-7-10-19(25)16-20/h4-14,16H,15H2,1-3H3,(H2,26,27,28,29). The normalized spacial score (nSPS) is 18.7. The van der Waals surface area contributed by atoms with Gasteiger partial charge in [-0.2, -0.15) is 0 Å². The van der Waals surface area contributed by atoms with E-state index in [4.69, 9.17) is 23.8 Å². The minimum Gasteiger partial charge on any atom is -0.332 e. The first kappa shape index (κ1) is 21.3. The van der Waals surface area contributed by atoms with E-state index in [2.05, 4.69) is 49.6 Å². The highest BCUT2D eigenvalue weighted by Gasteiger charge is 2.46. The first-order chi connectivity index (χ1) is 13.7. The molecule has 1 amide bonds. The number of hydrogen-bond acceptors (Lipinski definition) is 2. The van der Waals surface area contributed by atoms with Crippen LogP contribution in [-0.2, 0) is 4.79 Å². The quantitative estimate of drug-likeness (QED) is 0.574. The number of benzene rings is 2. The monoisotopic (exact) mass is 424 g/mol. The molecule has 1 aliphatic carbocycles. The number of carbonyl (C=O) groups is 1. The third-order valence-electron chi connectivity index (χ3n) is 5.35. The summed E-state index contributed by atoms with van der Waals surface area (Å²) in [5.74, 6) is -0.121. The van der Waals surface area contributed by atoms with Crippen LogP contribution in [0.1, 0.15) is 32.8 Å². The highest BCUT2D eigenvalue weighted by molar-refractivity contribution is 7.80. The highest BCUT2D eigenvalue weighted by atomic mass is 35.5. The molecule has 2 aromatic carbocycles. The molecule has 3 rings (SSSR count). The molecule has 150 valence electrons. The Morgan fingerprint density at radius 2 is 1.83 bits per heavy atom. The fourth-order valence-corrected chi connectivity index (χ4v) is 3.89. The van der Waals surface area contributed by atoms with Crippen LogP contribution in [0.3, 0.4) is 0 Å². The summed E-state index contributed by atoms with van der Waals surface area (Å²) < 4.78 is 0. The summed E-state index contributed by atoms with van der Waals surface area (Å²) in [5, 5.41) is 6.77. The minimum absolute atomic E-state index is 0.121. The van der Waals surface area contributed by atoms with Crippen molar-refractivity contribution in [2.24, 2.45) is 10.8 Å². The maximum absolute atomic E-state index is 13.3. The third-order valence-corrected chi connectivity index (χ3v) is 5.79. The van der Waals surface area contributed by atoms with Crippen molar-refractivity contribution in [2.75, 3.05) is 5.32 Å². The predicted molar refractivity (Wildman–Crippen MR) is 126 cm³/mol. The van der Waals surface area contributed by atoms with E-state index in [1.165, 1.54) is 0 Å². The van der Waals surface area contributed by atoms with Crippen LogP contribution in [-0.4, -0.2) is 11.0 Å². The minimum atomic E-state index is -0.703. The SMILES string of the molecule is CC(C)(C)C1(C(=O)NC(=S)Nc2cccc(Cl)c2)C=CC(c2ccccc2)=CC1. The zero-order valence-electron chi connectivity index (χ0n) is 16.8. The number of amides is 1. The van der Waals surface area contributed by atoms with Gasteiger partial charge in [0.15, 0.2) is 5.11 Å². The molecule has 2 N–H and O–H groups in total. The molecule has 3 nitrogen and oxygen atoms in total. The van der Waals surface area contributed by atoms with E-state index in [-0.39, 0.29) is 16.4 Å². The smallest absolute Gasteiger partial charge is 0.237 e. The van der Waals surface area contributed by atoms with Crippen LogP contribution in [0.5, 0.6) is 0 Å². The fourth-order valence-electron chi connectivity index (χ4n) is 3.49. The zero-order chi connectivity index (χ0) is 21.1. The first-order valence-electron chi connectivity index (χ1n) is 9.54. The summed E-state index contributed by atoms with van der Waals surface area (Å²) >= 11 is 11.4. The molecule has 0 heterocycles. The summed E-state index contributed by atoms with van der Waals surface area (Å²) in [6.45, 7) is 6.23. The number of hydrogen-bond donors (Lipinski definition) is 2. The molecule has 0 fully saturated rings. The topological polar surface area (TPSA) is 41.1 Å². The van der Waals surface area contributed by atoms with E-state index in [0.717, 1.165) is 16.8 Å². The molecular weight excluding hydrogens is 400 g/mol. The first-order valence-corrected chi connectivity index (χ1v) is 10.3. The Labute approximate surface area is 182 Å². The molecule has 1 unspecified atom stereocenters. The number of anilines is 1. The number of rotatable bonds is 3. The highest BCUT2D eigenvalue weighted by Crippen LogP contribution is 2.47. The van der Waals surface area contributed by atoms with E-state index in [1.807, 2.05) is 42.5 Å². The van der Waals surface area contributed by atoms with Crippen molar-refractivity contribution in [2.45, 2.75) is 27.2 Å². The van der Waals surface area contributed by atoms with Crippen molar-refractivity contribution in [3.05, 3.63) is 83.4 Å². The van der Waals surface area contributed by atoms with Crippen LogP contribution in [0, 0.1) is 10.8 Å². The third kappa shape index (κ3) is 4.77. The van der Waals surface area contributed by atoms with Gasteiger partial charge in [-0.05, 0) is 53.4 Å². The van der Waals surface area contributed by atoms with Gasteiger partial charge in [0.25, 0.3) is 0 Å². The van der Waals surface area contributed by atoms with Crippen LogP contribution < -0.4 is 10.6 Å². The van der Waals surface area contributed by atoms with Crippen LogP contribution in [0.4, 0.5) is 5.69 Å². The zero-order valence-corrected chi connectivity index (χ0v) is 18.4. The Balaban J connectivity index is 1.77. The molecule has 0 bridgehead atoms. The molecular formula is C24H25ClN2OS. The Bertz CT molecular complexity index is 976. The van der Waals surface area contributed by atoms with Gasteiger partial charge in [0.05, 0.1) is 5.41 Å². The summed E-state index contributed by atoms with van der Waals surface area (Å²) in [4.78, 5) is 13.3. The summed E-state index contributed by atoms with van der Waals surface area (Å²) in [6, 6.07) is 17.4. The number of halogens is 1. The average Bonchev–Trinajstić information content (AvgIpc) is 2.67. The van der Waals surface area contributed by atoms with E-state index in [0.29, 0.717) is 11.4 Å². The van der Waals surface area contributed by atoms with Crippen LogP contribution >= 0.6 is 23.8 Å². The predicted octanol–water partition coefficient (Wildman–Crippen LogP) is 6.23. The second-order valence-electron chi connectivity index (χ2n) is 8.20. The molecule has 29 heavy (non-hydrogen) atoms. The van der Waals surface area contributed by atoms with Crippen molar-refractivity contribution < 1.29 is 4.79 Å². The van der Waals surface area contributed by atoms with Gasteiger partial charge in [-0.3, -0.25) is 4.79 Å². The molecule has 0 aliphatic heterocycles. The Hall–Kier alpha value is -2.43. The molecule has 5 heteroatoms. The maximum Gasteiger partial charge on any atom is 0.237 e. The molecule has 0 spiro atoms. The number of nitrogens with one attached hydrogen (secondary N) is 2. The second-order valence-corrected chi connectivity index (χ2v) is 9.05. The Kier molecular flexibility index (Phi) is 6.25. The van der Waals surface area contributed by atoms with E-state index >= 15 is 0 Å². The van der Waals surface area contributed by atoms with E-state index < -0.39 is 5.41 Å². The van der Waals surface area contributed by atoms with Gasteiger partial charge in [-0.25, -0.2) is 0 Å². The second kappa shape index (κ2) is 8.52. The van der Waals surface area contributed by atoms with Gasteiger partial charge in [0, 0.05) is 10.7 Å². The fraction of sp³-hybridized carbons (Fsp3) is 0.250. The molecule has 0 aromatic heterocycles.